The molecule has 2 amide bonds. The number of para-hydroxylation sites is 1. The number of carbonyl (C=O) groups excluding carboxylic acids is 2. The van der Waals surface area contributed by atoms with Crippen LogP contribution >= 0.6 is 0 Å². The number of benzene rings is 2. The lowest BCUT2D eigenvalue weighted by atomic mass is 9.98. The lowest BCUT2D eigenvalue weighted by Gasteiger charge is -2.32. The first-order valence-electron chi connectivity index (χ1n) is 10.4. The molecule has 3 aliphatic rings. The van der Waals surface area contributed by atoms with E-state index < -0.39 is 0 Å². The van der Waals surface area contributed by atoms with Crippen molar-refractivity contribution in [3.05, 3.63) is 71.4 Å². The summed E-state index contributed by atoms with van der Waals surface area (Å²) in [6.45, 7) is 1.76. The van der Waals surface area contributed by atoms with Crippen LogP contribution in [0.1, 0.15) is 30.4 Å². The van der Waals surface area contributed by atoms with Crippen LogP contribution in [0.2, 0.25) is 0 Å². The molecule has 1 unspecified atom stereocenters. The van der Waals surface area contributed by atoms with Crippen molar-refractivity contribution in [1.29, 1.82) is 0 Å². The Bertz CT molecular complexity index is 977. The fourth-order valence-electron chi connectivity index (χ4n) is 4.60. The molecule has 3 aliphatic heterocycles. The Balaban J connectivity index is 1.60. The smallest absolute Gasteiger partial charge is 0.278 e. The Morgan fingerprint density at radius 3 is 2.52 bits per heavy atom. The number of aryl methyl sites for hydroxylation is 1. The van der Waals surface area contributed by atoms with E-state index in [-0.39, 0.29) is 17.9 Å². The Kier molecular flexibility index (Phi) is 4.68. The predicted octanol–water partition coefficient (Wildman–Crippen LogP) is 3.40. The predicted molar refractivity (Wildman–Crippen MR) is 111 cm³/mol. The standard InChI is InChI=1S/C24H24N2O3/c27-23-21(18-9-2-1-3-10-18)22(24(28)26(23)16-19-12-7-15-29-19)25-14-6-11-17-8-4-5-13-20(17)25/h1-5,8-10,13,19H,6-7,11-12,14-16H2. The van der Waals surface area contributed by atoms with Crippen molar-refractivity contribution in [1.82, 2.24) is 4.90 Å². The molecule has 0 N–H and O–H groups in total. The van der Waals surface area contributed by atoms with Gasteiger partial charge in [0.05, 0.1) is 18.2 Å². The number of amides is 2. The van der Waals surface area contributed by atoms with Crippen molar-refractivity contribution in [2.45, 2.75) is 31.8 Å². The molecule has 0 saturated carbocycles. The molecule has 5 rings (SSSR count). The van der Waals surface area contributed by atoms with Crippen LogP contribution in [0.15, 0.2) is 60.3 Å². The second kappa shape index (κ2) is 7.48. The minimum atomic E-state index is -0.213. The van der Waals surface area contributed by atoms with Crippen LogP contribution in [-0.2, 0) is 20.7 Å². The van der Waals surface area contributed by atoms with Gasteiger partial charge in [-0.3, -0.25) is 14.5 Å². The van der Waals surface area contributed by atoms with E-state index >= 15 is 0 Å². The average molecular weight is 388 g/mol. The van der Waals surface area contributed by atoms with Gasteiger partial charge in [0.1, 0.15) is 5.70 Å². The van der Waals surface area contributed by atoms with Crippen LogP contribution in [-0.4, -0.2) is 42.5 Å². The molecule has 5 nitrogen and oxygen atoms in total. The van der Waals surface area contributed by atoms with Gasteiger partial charge in [0, 0.05) is 18.8 Å². The molecule has 3 heterocycles. The van der Waals surface area contributed by atoms with Crippen LogP contribution < -0.4 is 4.90 Å². The summed E-state index contributed by atoms with van der Waals surface area (Å²) in [5.41, 5.74) is 4.05. The number of carbonyl (C=O) groups is 2. The Labute approximate surface area is 170 Å². The number of imide groups is 1. The van der Waals surface area contributed by atoms with Gasteiger partial charge in [0.2, 0.25) is 0 Å². The summed E-state index contributed by atoms with van der Waals surface area (Å²) in [5.74, 6) is -0.421. The molecule has 0 bridgehead atoms. The van der Waals surface area contributed by atoms with Crippen molar-refractivity contribution < 1.29 is 14.3 Å². The van der Waals surface area contributed by atoms with Crippen LogP contribution in [0, 0.1) is 0 Å². The largest absolute Gasteiger partial charge is 0.376 e. The Hall–Kier alpha value is -2.92. The van der Waals surface area contributed by atoms with E-state index in [0.29, 0.717) is 24.4 Å². The number of rotatable bonds is 4. The van der Waals surface area contributed by atoms with E-state index in [2.05, 4.69) is 11.0 Å². The zero-order chi connectivity index (χ0) is 19.8. The van der Waals surface area contributed by atoms with Gasteiger partial charge < -0.3 is 9.64 Å². The second-order valence-corrected chi connectivity index (χ2v) is 7.83. The summed E-state index contributed by atoms with van der Waals surface area (Å²) in [4.78, 5) is 30.4. The lowest BCUT2D eigenvalue weighted by Crippen LogP contribution is -2.40. The third-order valence-corrected chi connectivity index (χ3v) is 6.00. The average Bonchev–Trinajstić information content (AvgIpc) is 3.36. The SMILES string of the molecule is O=C1C(c2ccccc2)=C(N2CCCc3ccccc32)C(=O)N1CC1CCCO1. The summed E-state index contributed by atoms with van der Waals surface area (Å²) >= 11 is 0. The number of ether oxygens (including phenoxy) is 1. The molecule has 0 aromatic heterocycles. The second-order valence-electron chi connectivity index (χ2n) is 7.83. The topological polar surface area (TPSA) is 49.9 Å². The molecular weight excluding hydrogens is 364 g/mol. The number of fused-ring (bicyclic) bond motifs is 1. The lowest BCUT2D eigenvalue weighted by molar-refractivity contribution is -0.138. The van der Waals surface area contributed by atoms with Crippen LogP contribution in [0.3, 0.4) is 0 Å². The fourth-order valence-corrected chi connectivity index (χ4v) is 4.60. The fraction of sp³-hybridized carbons (Fsp3) is 0.333. The van der Waals surface area contributed by atoms with Gasteiger partial charge in [0.25, 0.3) is 11.8 Å². The molecule has 2 aromatic carbocycles. The minimum Gasteiger partial charge on any atom is -0.376 e. The van der Waals surface area contributed by atoms with Gasteiger partial charge in [0.15, 0.2) is 0 Å². The van der Waals surface area contributed by atoms with Gasteiger partial charge in [-0.05, 0) is 42.9 Å². The Morgan fingerprint density at radius 2 is 1.72 bits per heavy atom. The van der Waals surface area contributed by atoms with Gasteiger partial charge in [-0.2, -0.15) is 0 Å². The van der Waals surface area contributed by atoms with Gasteiger partial charge in [-0.25, -0.2) is 0 Å². The van der Waals surface area contributed by atoms with E-state index in [1.165, 1.54) is 10.5 Å². The van der Waals surface area contributed by atoms with E-state index in [1.807, 2.05) is 48.5 Å². The van der Waals surface area contributed by atoms with Crippen LogP contribution in [0.4, 0.5) is 5.69 Å². The zero-order valence-electron chi connectivity index (χ0n) is 16.3. The molecule has 1 atom stereocenters. The number of nitrogens with zero attached hydrogens (tertiary/aromatic N) is 2. The highest BCUT2D eigenvalue weighted by Gasteiger charge is 2.43. The van der Waals surface area contributed by atoms with Gasteiger partial charge >= 0.3 is 0 Å². The van der Waals surface area contributed by atoms with Gasteiger partial charge in [-0.15, -0.1) is 0 Å². The maximum atomic E-state index is 13.5. The molecular formula is C24H24N2O3. The quantitative estimate of drug-likeness (QED) is 0.754. The van der Waals surface area contributed by atoms with Crippen molar-refractivity contribution in [2.75, 3.05) is 24.6 Å². The third-order valence-electron chi connectivity index (χ3n) is 6.00. The third kappa shape index (κ3) is 3.15. The number of hydrogen-bond donors (Lipinski definition) is 0. The Morgan fingerprint density at radius 1 is 0.931 bits per heavy atom. The van der Waals surface area contributed by atoms with E-state index in [4.69, 9.17) is 4.74 Å². The first-order chi connectivity index (χ1) is 14.2. The normalized spacial score (nSPS) is 21.9. The molecule has 29 heavy (non-hydrogen) atoms. The zero-order valence-corrected chi connectivity index (χ0v) is 16.3. The molecule has 0 spiro atoms. The highest BCUT2D eigenvalue weighted by molar-refractivity contribution is 6.36. The van der Waals surface area contributed by atoms with Crippen LogP contribution in [0.25, 0.3) is 5.57 Å². The summed E-state index contributed by atoms with van der Waals surface area (Å²) in [6.07, 6.45) is 3.75. The van der Waals surface area contributed by atoms with Crippen molar-refractivity contribution in [2.24, 2.45) is 0 Å². The monoisotopic (exact) mass is 388 g/mol. The summed E-state index contributed by atoms with van der Waals surface area (Å²) in [6, 6.07) is 17.7. The molecule has 0 aliphatic carbocycles. The molecule has 148 valence electrons. The first kappa shape index (κ1) is 18.1. The highest BCUT2D eigenvalue weighted by Crippen LogP contribution is 2.38. The van der Waals surface area contributed by atoms with Crippen molar-refractivity contribution in [3.8, 4) is 0 Å². The maximum Gasteiger partial charge on any atom is 0.278 e. The summed E-state index contributed by atoms with van der Waals surface area (Å²) < 4.78 is 5.71. The van der Waals surface area contributed by atoms with Crippen LogP contribution in [0.5, 0.6) is 0 Å². The van der Waals surface area contributed by atoms with E-state index in [9.17, 15) is 9.59 Å². The molecule has 5 heteroatoms. The number of hydrogen-bond acceptors (Lipinski definition) is 4. The molecule has 0 radical (unpaired) electrons. The molecule has 2 aromatic rings. The molecule has 1 saturated heterocycles. The first-order valence-corrected chi connectivity index (χ1v) is 10.4. The van der Waals surface area contributed by atoms with E-state index in [1.54, 1.807) is 0 Å². The van der Waals surface area contributed by atoms with Crippen molar-refractivity contribution in [3.63, 3.8) is 0 Å². The van der Waals surface area contributed by atoms with Gasteiger partial charge in [-0.1, -0.05) is 48.5 Å². The summed E-state index contributed by atoms with van der Waals surface area (Å²) in [7, 11) is 0. The highest BCUT2D eigenvalue weighted by atomic mass is 16.5. The van der Waals surface area contributed by atoms with Crippen molar-refractivity contribution >= 4 is 23.1 Å². The van der Waals surface area contributed by atoms with E-state index in [0.717, 1.165) is 43.5 Å². The minimum absolute atomic E-state index is 0.0621. The molecule has 1 fully saturated rings. The number of anilines is 1. The summed E-state index contributed by atoms with van der Waals surface area (Å²) in [5, 5.41) is 0. The maximum absolute atomic E-state index is 13.5.